The molecule has 1 aliphatic rings. The van der Waals surface area contributed by atoms with Gasteiger partial charge in [0.2, 0.25) is 5.28 Å². The number of aromatic nitrogens is 2. The van der Waals surface area contributed by atoms with Gasteiger partial charge in [0.05, 0.1) is 13.3 Å². The normalized spacial score (nSPS) is 16.0. The Morgan fingerprint density at radius 3 is 3.07 bits per heavy atom. The Labute approximate surface area is 93.3 Å². The van der Waals surface area contributed by atoms with Gasteiger partial charge in [0, 0.05) is 6.54 Å². The van der Waals surface area contributed by atoms with Crippen LogP contribution in [0.4, 0.5) is 0 Å². The zero-order valence-electron chi connectivity index (χ0n) is 8.46. The van der Waals surface area contributed by atoms with E-state index in [-0.39, 0.29) is 5.28 Å². The number of methoxy groups -OCH3 is 1. The zero-order valence-corrected chi connectivity index (χ0v) is 9.21. The molecule has 1 aromatic heterocycles. The second-order valence-electron chi connectivity index (χ2n) is 3.24. The number of halogens is 1. The van der Waals surface area contributed by atoms with Crippen LogP contribution in [0.2, 0.25) is 5.28 Å². The maximum atomic E-state index is 5.77. The van der Waals surface area contributed by atoms with Crippen molar-refractivity contribution in [2.75, 3.05) is 20.2 Å². The summed E-state index contributed by atoms with van der Waals surface area (Å²) in [7, 11) is 1.61. The molecule has 0 aliphatic carbocycles. The van der Waals surface area contributed by atoms with E-state index in [0.717, 1.165) is 30.8 Å². The molecule has 0 radical (unpaired) electrons. The van der Waals surface area contributed by atoms with Gasteiger partial charge in [0.15, 0.2) is 5.75 Å². The molecule has 0 bridgehead atoms. The van der Waals surface area contributed by atoms with Crippen molar-refractivity contribution in [3.05, 3.63) is 23.3 Å². The van der Waals surface area contributed by atoms with Crippen LogP contribution in [0.15, 0.2) is 12.3 Å². The highest BCUT2D eigenvalue weighted by Crippen LogP contribution is 2.27. The van der Waals surface area contributed by atoms with Gasteiger partial charge in [-0.15, -0.1) is 0 Å². The summed E-state index contributed by atoms with van der Waals surface area (Å²) in [5.41, 5.74) is 1.97. The van der Waals surface area contributed by atoms with E-state index < -0.39 is 0 Å². The van der Waals surface area contributed by atoms with E-state index >= 15 is 0 Å². The first kappa shape index (κ1) is 10.4. The summed E-state index contributed by atoms with van der Waals surface area (Å²) in [5, 5.41) is 3.50. The third-order valence-corrected chi connectivity index (χ3v) is 2.50. The van der Waals surface area contributed by atoms with Gasteiger partial charge in [0.1, 0.15) is 5.69 Å². The predicted octanol–water partition coefficient (Wildman–Crippen LogP) is 1.52. The van der Waals surface area contributed by atoms with E-state index in [4.69, 9.17) is 16.3 Å². The van der Waals surface area contributed by atoms with Gasteiger partial charge in [-0.2, -0.15) is 0 Å². The number of nitrogens with zero attached hydrogens (tertiary/aromatic N) is 2. The fourth-order valence-electron chi connectivity index (χ4n) is 1.57. The van der Waals surface area contributed by atoms with E-state index in [1.807, 2.05) is 0 Å². The van der Waals surface area contributed by atoms with Gasteiger partial charge in [-0.3, -0.25) is 0 Å². The summed E-state index contributed by atoms with van der Waals surface area (Å²) in [4.78, 5) is 8.09. The first-order valence-electron chi connectivity index (χ1n) is 4.78. The average Bonchev–Trinajstić information content (AvgIpc) is 2.30. The number of nitrogens with one attached hydrogen (secondary N) is 1. The fourth-order valence-corrected chi connectivity index (χ4v) is 1.70. The molecule has 0 saturated carbocycles. The molecule has 2 rings (SSSR count). The van der Waals surface area contributed by atoms with Crippen LogP contribution in [-0.2, 0) is 0 Å². The van der Waals surface area contributed by atoms with Crippen molar-refractivity contribution in [1.82, 2.24) is 15.3 Å². The molecule has 1 N–H and O–H groups in total. The molecule has 15 heavy (non-hydrogen) atoms. The summed E-state index contributed by atoms with van der Waals surface area (Å²) in [6.07, 6.45) is 4.64. The SMILES string of the molecule is COc1cnc(Cl)nc1C1=CCNCC1. The Bertz CT molecular complexity index is 392. The molecule has 0 saturated heterocycles. The van der Waals surface area contributed by atoms with Crippen LogP contribution in [0.1, 0.15) is 12.1 Å². The lowest BCUT2D eigenvalue weighted by molar-refractivity contribution is 0.408. The number of ether oxygens (including phenoxy) is 1. The summed E-state index contributed by atoms with van der Waals surface area (Å²) in [5.74, 6) is 0.674. The van der Waals surface area contributed by atoms with E-state index in [0.29, 0.717) is 5.75 Å². The Kier molecular flexibility index (Phi) is 3.18. The molecule has 4 nitrogen and oxygen atoms in total. The van der Waals surface area contributed by atoms with E-state index in [9.17, 15) is 0 Å². The molecule has 0 spiro atoms. The molecule has 2 heterocycles. The van der Waals surface area contributed by atoms with Crippen LogP contribution in [-0.4, -0.2) is 30.2 Å². The van der Waals surface area contributed by atoms with Gasteiger partial charge in [-0.1, -0.05) is 6.08 Å². The van der Waals surface area contributed by atoms with Crippen LogP contribution in [0.25, 0.3) is 5.57 Å². The Balaban J connectivity index is 2.40. The molecule has 0 unspecified atom stereocenters. The van der Waals surface area contributed by atoms with E-state index in [2.05, 4.69) is 21.4 Å². The molecule has 0 aromatic carbocycles. The standard InChI is InChI=1S/C10H12ClN3O/c1-15-8-6-13-10(11)14-9(8)7-2-4-12-5-3-7/h2,6,12H,3-5H2,1H3. The van der Waals surface area contributed by atoms with Crippen molar-refractivity contribution < 1.29 is 4.74 Å². The quantitative estimate of drug-likeness (QED) is 0.776. The largest absolute Gasteiger partial charge is 0.493 e. The summed E-state index contributed by atoms with van der Waals surface area (Å²) in [6.45, 7) is 1.82. The summed E-state index contributed by atoms with van der Waals surface area (Å²) < 4.78 is 5.21. The van der Waals surface area contributed by atoms with Crippen molar-refractivity contribution in [3.8, 4) is 5.75 Å². The highest BCUT2D eigenvalue weighted by molar-refractivity contribution is 6.28. The van der Waals surface area contributed by atoms with Crippen LogP contribution < -0.4 is 10.1 Å². The van der Waals surface area contributed by atoms with Gasteiger partial charge in [-0.25, -0.2) is 9.97 Å². The van der Waals surface area contributed by atoms with Gasteiger partial charge < -0.3 is 10.1 Å². The van der Waals surface area contributed by atoms with Gasteiger partial charge >= 0.3 is 0 Å². The molecule has 0 atom stereocenters. The minimum absolute atomic E-state index is 0.255. The lowest BCUT2D eigenvalue weighted by atomic mass is 10.1. The van der Waals surface area contributed by atoms with Crippen LogP contribution in [0.5, 0.6) is 5.75 Å². The molecular weight excluding hydrogens is 214 g/mol. The second-order valence-corrected chi connectivity index (χ2v) is 3.58. The van der Waals surface area contributed by atoms with Gasteiger partial charge in [-0.05, 0) is 30.1 Å². The van der Waals surface area contributed by atoms with E-state index in [1.54, 1.807) is 13.3 Å². The summed E-state index contributed by atoms with van der Waals surface area (Å²) >= 11 is 5.77. The number of hydrogen-bond acceptors (Lipinski definition) is 4. The highest BCUT2D eigenvalue weighted by atomic mass is 35.5. The van der Waals surface area contributed by atoms with Crippen molar-refractivity contribution in [2.45, 2.75) is 6.42 Å². The zero-order chi connectivity index (χ0) is 10.7. The maximum Gasteiger partial charge on any atom is 0.223 e. The Hall–Kier alpha value is -1.13. The third-order valence-electron chi connectivity index (χ3n) is 2.31. The molecule has 80 valence electrons. The average molecular weight is 226 g/mol. The predicted molar refractivity (Wildman–Crippen MR) is 59.1 cm³/mol. The highest BCUT2D eigenvalue weighted by Gasteiger charge is 2.13. The topological polar surface area (TPSA) is 47.0 Å². The molecule has 1 aromatic rings. The molecule has 1 aliphatic heterocycles. The lowest BCUT2D eigenvalue weighted by Crippen LogP contribution is -2.20. The summed E-state index contributed by atoms with van der Waals surface area (Å²) in [6, 6.07) is 0. The number of rotatable bonds is 2. The minimum atomic E-state index is 0.255. The molecule has 0 amide bonds. The van der Waals surface area contributed by atoms with Crippen molar-refractivity contribution in [3.63, 3.8) is 0 Å². The third kappa shape index (κ3) is 2.27. The second kappa shape index (κ2) is 4.59. The van der Waals surface area contributed by atoms with Crippen molar-refractivity contribution >= 4 is 17.2 Å². The molecule has 0 fully saturated rings. The monoisotopic (exact) mass is 225 g/mol. The van der Waals surface area contributed by atoms with E-state index in [1.165, 1.54) is 0 Å². The first-order chi connectivity index (χ1) is 7.31. The van der Waals surface area contributed by atoms with Crippen LogP contribution >= 0.6 is 11.6 Å². The van der Waals surface area contributed by atoms with Crippen molar-refractivity contribution in [2.24, 2.45) is 0 Å². The van der Waals surface area contributed by atoms with Crippen LogP contribution in [0, 0.1) is 0 Å². The lowest BCUT2D eigenvalue weighted by Gasteiger charge is -2.15. The Morgan fingerprint density at radius 1 is 1.53 bits per heavy atom. The fraction of sp³-hybridized carbons (Fsp3) is 0.400. The van der Waals surface area contributed by atoms with Crippen molar-refractivity contribution in [1.29, 1.82) is 0 Å². The Morgan fingerprint density at radius 2 is 2.40 bits per heavy atom. The molecule has 5 heteroatoms. The van der Waals surface area contributed by atoms with Gasteiger partial charge in [0.25, 0.3) is 0 Å². The minimum Gasteiger partial charge on any atom is -0.493 e. The molecular formula is C10H12ClN3O. The van der Waals surface area contributed by atoms with Crippen LogP contribution in [0.3, 0.4) is 0 Å². The first-order valence-corrected chi connectivity index (χ1v) is 5.15. The smallest absolute Gasteiger partial charge is 0.223 e. The number of hydrogen-bond donors (Lipinski definition) is 1. The maximum absolute atomic E-state index is 5.77.